The van der Waals surface area contributed by atoms with Crippen LogP contribution in [-0.4, -0.2) is 37.2 Å². The quantitative estimate of drug-likeness (QED) is 0.921. The van der Waals surface area contributed by atoms with E-state index in [1.54, 1.807) is 23.1 Å². The summed E-state index contributed by atoms with van der Waals surface area (Å²) in [5.41, 5.74) is 0.490. The Morgan fingerprint density at radius 3 is 3.06 bits per heavy atom. The molecule has 0 saturated carbocycles. The van der Waals surface area contributed by atoms with E-state index in [1.807, 2.05) is 0 Å². The monoisotopic (exact) mass is 309 g/mol. The molecule has 1 fully saturated rings. The number of carbonyl (C=O) groups is 1. The normalized spacial score (nSPS) is 14.2. The Labute approximate surface area is 113 Å². The van der Waals surface area contributed by atoms with Crippen molar-refractivity contribution in [3.8, 4) is 11.8 Å². The van der Waals surface area contributed by atoms with Crippen LogP contribution in [-0.2, 0) is 0 Å². The summed E-state index contributed by atoms with van der Waals surface area (Å²) in [6.07, 6.45) is 0. The van der Waals surface area contributed by atoms with Gasteiger partial charge in [-0.05, 0) is 18.2 Å². The van der Waals surface area contributed by atoms with Crippen molar-refractivity contribution in [3.63, 3.8) is 0 Å². The number of hydrogen-bond acceptors (Lipinski definition) is 3. The number of rotatable bonds is 4. The molecule has 1 aliphatic rings. The summed E-state index contributed by atoms with van der Waals surface area (Å²) in [5, 5.41) is 11.7. The van der Waals surface area contributed by atoms with Crippen molar-refractivity contribution in [2.45, 2.75) is 0 Å². The van der Waals surface area contributed by atoms with Crippen molar-refractivity contribution in [1.29, 1.82) is 5.26 Å². The van der Waals surface area contributed by atoms with E-state index in [4.69, 9.17) is 10.00 Å². The van der Waals surface area contributed by atoms with Crippen LogP contribution in [0, 0.1) is 11.3 Å². The lowest BCUT2D eigenvalue weighted by Gasteiger charge is -2.15. The number of nitriles is 1. The van der Waals surface area contributed by atoms with E-state index in [0.717, 1.165) is 4.47 Å². The van der Waals surface area contributed by atoms with Crippen LogP contribution in [0.2, 0.25) is 0 Å². The molecule has 1 saturated heterocycles. The molecular formula is C12H12BrN3O2. The molecule has 0 aliphatic carbocycles. The zero-order valence-electron chi connectivity index (χ0n) is 9.65. The van der Waals surface area contributed by atoms with Gasteiger partial charge >= 0.3 is 6.03 Å². The predicted molar refractivity (Wildman–Crippen MR) is 69.3 cm³/mol. The van der Waals surface area contributed by atoms with Crippen LogP contribution >= 0.6 is 15.9 Å². The third kappa shape index (κ3) is 2.93. The number of hydrogen-bond donors (Lipinski definition) is 1. The third-order valence-electron chi connectivity index (χ3n) is 2.63. The van der Waals surface area contributed by atoms with E-state index in [2.05, 4.69) is 27.3 Å². The van der Waals surface area contributed by atoms with Gasteiger partial charge in [-0.25, -0.2) is 4.79 Å². The molecule has 0 bridgehead atoms. The number of nitrogens with zero attached hydrogens (tertiary/aromatic N) is 2. The fraction of sp³-hybridized carbons (Fsp3) is 0.333. The molecule has 2 rings (SSSR count). The molecular weight excluding hydrogens is 298 g/mol. The summed E-state index contributed by atoms with van der Waals surface area (Å²) in [5.74, 6) is 0.534. The lowest BCUT2D eigenvalue weighted by molar-refractivity contribution is 0.202. The average molecular weight is 310 g/mol. The van der Waals surface area contributed by atoms with Gasteiger partial charge in [0.25, 0.3) is 0 Å². The zero-order chi connectivity index (χ0) is 13.0. The van der Waals surface area contributed by atoms with Gasteiger partial charge in [0.05, 0.1) is 12.1 Å². The van der Waals surface area contributed by atoms with E-state index in [-0.39, 0.29) is 6.03 Å². The van der Waals surface area contributed by atoms with Gasteiger partial charge in [-0.3, -0.25) is 0 Å². The number of ether oxygens (including phenoxy) is 1. The molecule has 6 heteroatoms. The molecule has 1 aromatic carbocycles. The minimum Gasteiger partial charge on any atom is -0.490 e. The smallest absolute Gasteiger partial charge is 0.317 e. The summed E-state index contributed by atoms with van der Waals surface area (Å²) in [6.45, 7) is 2.27. The first kappa shape index (κ1) is 12.7. The van der Waals surface area contributed by atoms with Crippen LogP contribution < -0.4 is 10.1 Å². The van der Waals surface area contributed by atoms with Crippen molar-refractivity contribution in [2.24, 2.45) is 0 Å². The van der Waals surface area contributed by atoms with Gasteiger partial charge in [-0.15, -0.1) is 0 Å². The number of urea groups is 1. The number of benzene rings is 1. The maximum atomic E-state index is 11.3. The third-order valence-corrected chi connectivity index (χ3v) is 3.12. The summed E-state index contributed by atoms with van der Waals surface area (Å²) in [4.78, 5) is 13.0. The highest BCUT2D eigenvalue weighted by Gasteiger charge is 2.18. The Morgan fingerprint density at radius 2 is 2.39 bits per heavy atom. The predicted octanol–water partition coefficient (Wildman–Crippen LogP) is 1.72. The highest BCUT2D eigenvalue weighted by molar-refractivity contribution is 9.10. The van der Waals surface area contributed by atoms with Crippen LogP contribution in [0.3, 0.4) is 0 Å². The minimum atomic E-state index is -0.0617. The molecule has 18 heavy (non-hydrogen) atoms. The van der Waals surface area contributed by atoms with Crippen LogP contribution in [0.15, 0.2) is 22.7 Å². The van der Waals surface area contributed by atoms with Gasteiger partial charge in [0.15, 0.2) is 0 Å². The van der Waals surface area contributed by atoms with Crippen molar-refractivity contribution < 1.29 is 9.53 Å². The van der Waals surface area contributed by atoms with Gasteiger partial charge in [0.2, 0.25) is 0 Å². The van der Waals surface area contributed by atoms with E-state index in [0.29, 0.717) is 37.6 Å². The molecule has 1 aliphatic heterocycles. The van der Waals surface area contributed by atoms with Crippen molar-refractivity contribution in [1.82, 2.24) is 10.2 Å². The first-order chi connectivity index (χ1) is 8.70. The first-order valence-electron chi connectivity index (χ1n) is 5.56. The molecule has 94 valence electrons. The molecule has 2 amide bonds. The second-order valence-corrected chi connectivity index (χ2v) is 4.74. The van der Waals surface area contributed by atoms with Crippen molar-refractivity contribution >= 4 is 22.0 Å². The average Bonchev–Trinajstić information content (AvgIpc) is 2.76. The molecule has 0 spiro atoms. The lowest BCUT2D eigenvalue weighted by atomic mass is 10.2. The van der Waals surface area contributed by atoms with Crippen LogP contribution in [0.1, 0.15) is 5.56 Å². The molecule has 1 heterocycles. The largest absolute Gasteiger partial charge is 0.490 e. The van der Waals surface area contributed by atoms with Crippen LogP contribution in [0.25, 0.3) is 0 Å². The highest BCUT2D eigenvalue weighted by Crippen LogP contribution is 2.23. The summed E-state index contributed by atoms with van der Waals surface area (Å²) in [7, 11) is 0. The fourth-order valence-electron chi connectivity index (χ4n) is 1.70. The summed E-state index contributed by atoms with van der Waals surface area (Å²) < 4.78 is 6.40. The van der Waals surface area contributed by atoms with Crippen LogP contribution in [0.4, 0.5) is 4.79 Å². The second kappa shape index (κ2) is 5.74. The second-order valence-electron chi connectivity index (χ2n) is 3.82. The van der Waals surface area contributed by atoms with Crippen molar-refractivity contribution in [2.75, 3.05) is 26.2 Å². The van der Waals surface area contributed by atoms with Gasteiger partial charge in [0.1, 0.15) is 18.4 Å². The molecule has 0 aromatic heterocycles. The Bertz CT molecular complexity index is 499. The number of carbonyl (C=O) groups excluding carboxylic acids is 1. The SMILES string of the molecule is N#Cc1ccc(Br)cc1OCCN1CCNC1=O. The first-order valence-corrected chi connectivity index (χ1v) is 6.35. The Morgan fingerprint density at radius 1 is 1.56 bits per heavy atom. The topological polar surface area (TPSA) is 65.4 Å². The summed E-state index contributed by atoms with van der Waals surface area (Å²) in [6, 6.07) is 7.25. The lowest BCUT2D eigenvalue weighted by Crippen LogP contribution is -2.31. The Balaban J connectivity index is 1.92. The van der Waals surface area contributed by atoms with E-state index in [9.17, 15) is 4.79 Å². The van der Waals surface area contributed by atoms with Crippen LogP contribution in [0.5, 0.6) is 5.75 Å². The Hall–Kier alpha value is -1.74. The molecule has 1 N–H and O–H groups in total. The van der Waals surface area contributed by atoms with Gasteiger partial charge in [-0.1, -0.05) is 15.9 Å². The summed E-state index contributed by atoms with van der Waals surface area (Å²) >= 11 is 3.33. The number of nitrogens with one attached hydrogen (secondary N) is 1. The number of amides is 2. The Kier molecular flexibility index (Phi) is 4.05. The number of halogens is 1. The standard InChI is InChI=1S/C12H12BrN3O2/c13-10-2-1-9(8-14)11(7-10)18-6-5-16-4-3-15-12(16)17/h1-2,7H,3-6H2,(H,15,17). The molecule has 0 atom stereocenters. The molecule has 1 aromatic rings. The molecule has 0 unspecified atom stereocenters. The van der Waals surface area contributed by atoms with E-state index in [1.165, 1.54) is 0 Å². The van der Waals surface area contributed by atoms with E-state index < -0.39 is 0 Å². The molecule has 5 nitrogen and oxygen atoms in total. The van der Waals surface area contributed by atoms with Gasteiger partial charge in [0, 0.05) is 17.6 Å². The fourth-order valence-corrected chi connectivity index (χ4v) is 2.04. The maximum absolute atomic E-state index is 11.3. The van der Waals surface area contributed by atoms with Crippen molar-refractivity contribution in [3.05, 3.63) is 28.2 Å². The zero-order valence-corrected chi connectivity index (χ0v) is 11.2. The highest BCUT2D eigenvalue weighted by atomic mass is 79.9. The van der Waals surface area contributed by atoms with E-state index >= 15 is 0 Å². The van der Waals surface area contributed by atoms with Gasteiger partial charge < -0.3 is 15.0 Å². The maximum Gasteiger partial charge on any atom is 0.317 e. The van der Waals surface area contributed by atoms with Gasteiger partial charge in [-0.2, -0.15) is 5.26 Å². The molecule has 0 radical (unpaired) electrons. The minimum absolute atomic E-state index is 0.0617.